The minimum atomic E-state index is -0.324. The van der Waals surface area contributed by atoms with E-state index in [1.54, 1.807) is 60.9 Å². The molecule has 0 fully saturated rings. The number of ether oxygens (including phenoxy) is 1. The third kappa shape index (κ3) is 5.14. The van der Waals surface area contributed by atoms with E-state index in [0.717, 1.165) is 0 Å². The molecule has 2 amide bonds. The highest BCUT2D eigenvalue weighted by Gasteiger charge is 2.11. The monoisotopic (exact) mass is 376 g/mol. The third-order valence-electron chi connectivity index (χ3n) is 3.68. The summed E-state index contributed by atoms with van der Waals surface area (Å²) in [5.74, 6) is -0.143. The molecule has 7 nitrogen and oxygen atoms in total. The zero-order chi connectivity index (χ0) is 19.9. The highest BCUT2D eigenvalue weighted by atomic mass is 16.5. The molecule has 0 saturated carbocycles. The number of anilines is 2. The number of amides is 2. The summed E-state index contributed by atoms with van der Waals surface area (Å²) < 4.78 is 5.47. The van der Waals surface area contributed by atoms with Gasteiger partial charge in [-0.2, -0.15) is 0 Å². The molecular formula is C21H20N4O3. The lowest BCUT2D eigenvalue weighted by Crippen LogP contribution is -2.15. The molecule has 7 heteroatoms. The number of nitrogens with one attached hydrogen (secondary N) is 2. The first-order valence-electron chi connectivity index (χ1n) is 8.77. The molecule has 0 aliphatic carbocycles. The van der Waals surface area contributed by atoms with E-state index >= 15 is 0 Å². The van der Waals surface area contributed by atoms with Gasteiger partial charge < -0.3 is 15.4 Å². The second-order valence-electron chi connectivity index (χ2n) is 6.28. The highest BCUT2D eigenvalue weighted by molar-refractivity contribution is 6.07. The Bertz CT molecular complexity index is 957. The van der Waals surface area contributed by atoms with Crippen molar-refractivity contribution in [1.82, 2.24) is 9.97 Å². The Morgan fingerprint density at radius 1 is 0.893 bits per heavy atom. The zero-order valence-corrected chi connectivity index (χ0v) is 15.5. The van der Waals surface area contributed by atoms with Crippen LogP contribution in [0.5, 0.6) is 5.88 Å². The summed E-state index contributed by atoms with van der Waals surface area (Å²) in [7, 11) is 0. The van der Waals surface area contributed by atoms with Crippen LogP contribution in [0.4, 0.5) is 11.4 Å². The summed E-state index contributed by atoms with van der Waals surface area (Å²) in [5.41, 5.74) is 1.97. The van der Waals surface area contributed by atoms with Gasteiger partial charge in [0, 0.05) is 41.6 Å². The number of carbonyl (C=O) groups is 2. The van der Waals surface area contributed by atoms with E-state index in [1.807, 2.05) is 13.8 Å². The van der Waals surface area contributed by atoms with Gasteiger partial charge in [0.25, 0.3) is 11.8 Å². The molecule has 2 aromatic heterocycles. The Morgan fingerprint density at radius 3 is 2.29 bits per heavy atom. The molecule has 28 heavy (non-hydrogen) atoms. The van der Waals surface area contributed by atoms with Crippen molar-refractivity contribution >= 4 is 23.2 Å². The van der Waals surface area contributed by atoms with Crippen LogP contribution in [-0.4, -0.2) is 27.9 Å². The van der Waals surface area contributed by atoms with Crippen LogP contribution in [-0.2, 0) is 0 Å². The number of rotatable bonds is 6. The smallest absolute Gasteiger partial charge is 0.257 e. The molecule has 1 aromatic carbocycles. The van der Waals surface area contributed by atoms with Gasteiger partial charge >= 0.3 is 0 Å². The summed E-state index contributed by atoms with van der Waals surface area (Å²) in [6.07, 6.45) is 4.65. The minimum Gasteiger partial charge on any atom is -0.475 e. The van der Waals surface area contributed by atoms with Crippen molar-refractivity contribution in [3.8, 4) is 5.88 Å². The normalized spacial score (nSPS) is 10.4. The first-order chi connectivity index (χ1) is 13.5. The Labute approximate surface area is 162 Å². The fraction of sp³-hybridized carbons (Fsp3) is 0.143. The Balaban J connectivity index is 1.66. The number of benzene rings is 1. The lowest BCUT2D eigenvalue weighted by atomic mass is 10.1. The van der Waals surface area contributed by atoms with E-state index in [-0.39, 0.29) is 17.9 Å². The SMILES string of the molecule is CC(C)Oc1ccc(C(=O)Nc2cccc(C(=O)Nc3ccncc3)c2)cn1. The summed E-state index contributed by atoms with van der Waals surface area (Å²) in [6, 6.07) is 13.4. The Hall–Kier alpha value is -3.74. The Morgan fingerprint density at radius 2 is 1.61 bits per heavy atom. The van der Waals surface area contributed by atoms with Crippen molar-refractivity contribution in [3.63, 3.8) is 0 Å². The number of hydrogen-bond acceptors (Lipinski definition) is 5. The van der Waals surface area contributed by atoms with Crippen molar-refractivity contribution in [2.75, 3.05) is 10.6 Å². The molecule has 0 radical (unpaired) electrons. The molecule has 0 unspecified atom stereocenters. The molecule has 3 aromatic rings. The molecule has 3 rings (SSSR count). The van der Waals surface area contributed by atoms with E-state index in [4.69, 9.17) is 4.74 Å². The average Bonchev–Trinajstić information content (AvgIpc) is 2.69. The summed E-state index contributed by atoms with van der Waals surface area (Å²) in [5, 5.41) is 5.54. The number of carbonyl (C=O) groups excluding carboxylic acids is 2. The lowest BCUT2D eigenvalue weighted by molar-refractivity contribution is 0.101. The van der Waals surface area contributed by atoms with Gasteiger partial charge in [0.2, 0.25) is 5.88 Å². The molecule has 0 atom stereocenters. The van der Waals surface area contributed by atoms with Crippen LogP contribution < -0.4 is 15.4 Å². The van der Waals surface area contributed by atoms with Gasteiger partial charge in [0.1, 0.15) is 0 Å². The van der Waals surface area contributed by atoms with Crippen molar-refractivity contribution < 1.29 is 14.3 Å². The van der Waals surface area contributed by atoms with Gasteiger partial charge in [-0.25, -0.2) is 4.98 Å². The predicted octanol–water partition coefficient (Wildman–Crippen LogP) is 3.77. The van der Waals surface area contributed by atoms with Crippen LogP contribution in [0.2, 0.25) is 0 Å². The maximum atomic E-state index is 12.4. The highest BCUT2D eigenvalue weighted by Crippen LogP contribution is 2.15. The zero-order valence-electron chi connectivity index (χ0n) is 15.5. The number of nitrogens with zero attached hydrogens (tertiary/aromatic N) is 2. The van der Waals surface area contributed by atoms with Crippen LogP contribution in [0, 0.1) is 0 Å². The van der Waals surface area contributed by atoms with Crippen LogP contribution in [0.15, 0.2) is 67.1 Å². The maximum Gasteiger partial charge on any atom is 0.257 e. The van der Waals surface area contributed by atoms with Crippen molar-refractivity contribution in [3.05, 3.63) is 78.2 Å². The second-order valence-corrected chi connectivity index (χ2v) is 6.28. The number of hydrogen-bond donors (Lipinski definition) is 2. The van der Waals surface area contributed by atoms with Crippen molar-refractivity contribution in [2.45, 2.75) is 20.0 Å². The minimum absolute atomic E-state index is 0.00760. The largest absolute Gasteiger partial charge is 0.475 e. The maximum absolute atomic E-state index is 12.4. The van der Waals surface area contributed by atoms with E-state index in [2.05, 4.69) is 20.6 Å². The van der Waals surface area contributed by atoms with Crippen LogP contribution in [0.1, 0.15) is 34.6 Å². The van der Waals surface area contributed by atoms with Gasteiger partial charge in [-0.05, 0) is 50.2 Å². The quantitative estimate of drug-likeness (QED) is 0.683. The molecule has 0 spiro atoms. The standard InChI is InChI=1S/C21H20N4O3/c1-14(2)28-19-7-6-16(13-23-19)21(27)25-18-5-3-4-15(12-18)20(26)24-17-8-10-22-11-9-17/h3-14H,1-2H3,(H,25,27)(H,22,24,26). The van der Waals surface area contributed by atoms with E-state index in [1.165, 1.54) is 6.20 Å². The average molecular weight is 376 g/mol. The van der Waals surface area contributed by atoms with Crippen LogP contribution in [0.3, 0.4) is 0 Å². The predicted molar refractivity (Wildman–Crippen MR) is 107 cm³/mol. The van der Waals surface area contributed by atoms with Crippen molar-refractivity contribution in [2.24, 2.45) is 0 Å². The fourth-order valence-corrected chi connectivity index (χ4v) is 2.41. The molecule has 2 N–H and O–H groups in total. The molecule has 0 saturated heterocycles. The molecule has 0 aliphatic rings. The van der Waals surface area contributed by atoms with Gasteiger partial charge in [-0.1, -0.05) is 6.07 Å². The number of aromatic nitrogens is 2. The van der Waals surface area contributed by atoms with Crippen LogP contribution >= 0.6 is 0 Å². The first-order valence-corrected chi connectivity index (χ1v) is 8.77. The third-order valence-corrected chi connectivity index (χ3v) is 3.68. The summed E-state index contributed by atoms with van der Waals surface area (Å²) >= 11 is 0. The molecule has 0 aliphatic heterocycles. The van der Waals surface area contributed by atoms with Gasteiger partial charge in [-0.15, -0.1) is 0 Å². The first kappa shape index (κ1) is 19.0. The van der Waals surface area contributed by atoms with E-state index in [9.17, 15) is 9.59 Å². The van der Waals surface area contributed by atoms with Gasteiger partial charge in [-0.3, -0.25) is 14.6 Å². The molecular weight excluding hydrogens is 356 g/mol. The van der Waals surface area contributed by atoms with Crippen molar-refractivity contribution in [1.29, 1.82) is 0 Å². The lowest BCUT2D eigenvalue weighted by Gasteiger charge is -2.10. The molecule has 0 bridgehead atoms. The Kier molecular flexibility index (Phi) is 5.96. The second kappa shape index (κ2) is 8.77. The number of pyridine rings is 2. The van der Waals surface area contributed by atoms with E-state index < -0.39 is 0 Å². The summed E-state index contributed by atoms with van der Waals surface area (Å²) in [4.78, 5) is 32.8. The fourth-order valence-electron chi connectivity index (χ4n) is 2.41. The summed E-state index contributed by atoms with van der Waals surface area (Å²) in [6.45, 7) is 3.81. The van der Waals surface area contributed by atoms with Crippen LogP contribution in [0.25, 0.3) is 0 Å². The topological polar surface area (TPSA) is 93.2 Å². The molecule has 142 valence electrons. The molecule has 2 heterocycles. The van der Waals surface area contributed by atoms with Gasteiger partial charge in [0.15, 0.2) is 0 Å². The van der Waals surface area contributed by atoms with E-state index in [0.29, 0.717) is 28.4 Å². The van der Waals surface area contributed by atoms with Gasteiger partial charge in [0.05, 0.1) is 11.7 Å².